The maximum atomic E-state index is 11.8. The molecular weight excluding hydrogens is 282 g/mol. The molecule has 1 saturated heterocycles. The van der Waals surface area contributed by atoms with Crippen molar-refractivity contribution in [3.63, 3.8) is 0 Å². The summed E-state index contributed by atoms with van der Waals surface area (Å²) in [6, 6.07) is 0. The summed E-state index contributed by atoms with van der Waals surface area (Å²) in [5, 5.41) is 2.96. The van der Waals surface area contributed by atoms with E-state index in [0.717, 1.165) is 19.3 Å². The molecule has 3 atom stereocenters. The molecule has 17 heavy (non-hydrogen) atoms. The van der Waals surface area contributed by atoms with Crippen molar-refractivity contribution in [1.82, 2.24) is 5.32 Å². The van der Waals surface area contributed by atoms with E-state index in [2.05, 4.69) is 42.0 Å². The Bertz CT molecular complexity index is 263. The minimum atomic E-state index is -0.237. The summed E-state index contributed by atoms with van der Waals surface area (Å²) >= 11 is 3.61. The normalized spacial score (nSPS) is 26.9. The Kier molecular flexibility index (Phi) is 5.45. The lowest BCUT2D eigenvalue weighted by molar-refractivity contribution is -0.131. The van der Waals surface area contributed by atoms with Crippen molar-refractivity contribution in [2.24, 2.45) is 5.41 Å². The molecule has 0 aromatic carbocycles. The van der Waals surface area contributed by atoms with Crippen LogP contribution < -0.4 is 5.32 Å². The van der Waals surface area contributed by atoms with E-state index in [-0.39, 0.29) is 23.5 Å². The third-order valence-electron chi connectivity index (χ3n) is 2.86. The lowest BCUT2D eigenvalue weighted by Gasteiger charge is -2.22. The van der Waals surface area contributed by atoms with Gasteiger partial charge in [-0.15, -0.1) is 0 Å². The fourth-order valence-corrected chi connectivity index (χ4v) is 3.19. The minimum absolute atomic E-state index is 0.0349. The Hall–Kier alpha value is -0.0900. The minimum Gasteiger partial charge on any atom is -0.365 e. The zero-order chi connectivity index (χ0) is 13.1. The van der Waals surface area contributed by atoms with Crippen LogP contribution >= 0.6 is 15.9 Å². The van der Waals surface area contributed by atoms with Gasteiger partial charge < -0.3 is 10.1 Å². The molecule has 0 aromatic rings. The zero-order valence-corrected chi connectivity index (χ0v) is 12.8. The molecule has 0 bridgehead atoms. The van der Waals surface area contributed by atoms with Crippen LogP contribution in [0, 0.1) is 5.41 Å². The van der Waals surface area contributed by atoms with Gasteiger partial charge in [0, 0.05) is 11.4 Å². The van der Waals surface area contributed by atoms with Crippen LogP contribution in [0.2, 0.25) is 0 Å². The number of amides is 1. The van der Waals surface area contributed by atoms with Crippen molar-refractivity contribution in [3.8, 4) is 0 Å². The predicted molar refractivity (Wildman–Crippen MR) is 73.4 cm³/mol. The maximum absolute atomic E-state index is 11.8. The van der Waals surface area contributed by atoms with Gasteiger partial charge in [-0.1, -0.05) is 36.7 Å². The van der Waals surface area contributed by atoms with Crippen LogP contribution in [0.25, 0.3) is 0 Å². The van der Waals surface area contributed by atoms with Crippen LogP contribution in [0.15, 0.2) is 0 Å². The molecule has 3 unspecified atom stereocenters. The molecule has 1 rings (SSSR count). The predicted octanol–water partition coefficient (Wildman–Crippen LogP) is 2.87. The maximum Gasteiger partial charge on any atom is 0.249 e. The summed E-state index contributed by atoms with van der Waals surface area (Å²) in [4.78, 5) is 12.1. The summed E-state index contributed by atoms with van der Waals surface area (Å²) < 4.78 is 5.53. The van der Waals surface area contributed by atoms with Crippen LogP contribution in [0.4, 0.5) is 0 Å². The molecule has 3 nitrogen and oxygen atoms in total. The van der Waals surface area contributed by atoms with E-state index in [1.165, 1.54) is 0 Å². The molecule has 1 N–H and O–H groups in total. The third-order valence-corrected chi connectivity index (χ3v) is 3.50. The Morgan fingerprint density at radius 3 is 2.59 bits per heavy atom. The zero-order valence-electron chi connectivity index (χ0n) is 11.3. The van der Waals surface area contributed by atoms with Crippen molar-refractivity contribution in [2.45, 2.75) is 64.0 Å². The Labute approximate surface area is 113 Å². The first-order valence-corrected chi connectivity index (χ1v) is 7.27. The van der Waals surface area contributed by atoms with E-state index in [0.29, 0.717) is 11.4 Å². The molecule has 0 spiro atoms. The first-order chi connectivity index (χ1) is 7.78. The van der Waals surface area contributed by atoms with Crippen molar-refractivity contribution in [3.05, 3.63) is 0 Å². The van der Waals surface area contributed by atoms with Gasteiger partial charge in [0.25, 0.3) is 0 Å². The van der Waals surface area contributed by atoms with Crippen LogP contribution in [0.1, 0.15) is 47.0 Å². The van der Waals surface area contributed by atoms with Gasteiger partial charge in [0.15, 0.2) is 0 Å². The number of carbonyl (C=O) groups excluding carboxylic acids is 1. The highest BCUT2D eigenvalue weighted by Crippen LogP contribution is 2.24. The first kappa shape index (κ1) is 15.0. The molecule has 1 fully saturated rings. The number of hydrogen-bond donors (Lipinski definition) is 1. The van der Waals surface area contributed by atoms with Gasteiger partial charge >= 0.3 is 0 Å². The topological polar surface area (TPSA) is 38.3 Å². The summed E-state index contributed by atoms with van der Waals surface area (Å²) in [5.74, 6) is 0.0349. The van der Waals surface area contributed by atoms with Gasteiger partial charge in [-0.25, -0.2) is 0 Å². The Morgan fingerprint density at radius 1 is 1.47 bits per heavy atom. The second kappa shape index (κ2) is 6.19. The monoisotopic (exact) mass is 305 g/mol. The highest BCUT2D eigenvalue weighted by molar-refractivity contribution is 9.09. The Morgan fingerprint density at radius 2 is 2.12 bits per heavy atom. The molecule has 1 aliphatic heterocycles. The molecule has 0 aromatic heterocycles. The van der Waals surface area contributed by atoms with Crippen LogP contribution in [0.3, 0.4) is 0 Å². The molecular formula is C13H24BrNO2. The number of carbonyl (C=O) groups is 1. The van der Waals surface area contributed by atoms with Crippen molar-refractivity contribution >= 4 is 21.8 Å². The lowest BCUT2D eigenvalue weighted by atomic mass is 9.90. The van der Waals surface area contributed by atoms with Crippen LogP contribution in [-0.4, -0.2) is 29.5 Å². The van der Waals surface area contributed by atoms with E-state index in [4.69, 9.17) is 4.74 Å². The molecule has 0 saturated carbocycles. The number of alkyl halides is 1. The van der Waals surface area contributed by atoms with Crippen LogP contribution in [-0.2, 0) is 9.53 Å². The average molecular weight is 306 g/mol. The van der Waals surface area contributed by atoms with Gasteiger partial charge in [-0.3, -0.25) is 4.79 Å². The van der Waals surface area contributed by atoms with Gasteiger partial charge in [0.2, 0.25) is 5.91 Å². The molecule has 1 aliphatic rings. The summed E-state index contributed by atoms with van der Waals surface area (Å²) in [6.07, 6.45) is 2.85. The molecule has 0 aliphatic carbocycles. The number of halogens is 1. The summed E-state index contributed by atoms with van der Waals surface area (Å²) in [6.45, 7) is 9.28. The smallest absolute Gasteiger partial charge is 0.249 e. The summed E-state index contributed by atoms with van der Waals surface area (Å²) in [7, 11) is 0. The Balaban J connectivity index is 2.24. The molecule has 1 amide bonds. The van der Waals surface area contributed by atoms with Crippen molar-refractivity contribution < 1.29 is 9.53 Å². The van der Waals surface area contributed by atoms with Gasteiger partial charge in [0.1, 0.15) is 6.10 Å². The van der Waals surface area contributed by atoms with E-state index < -0.39 is 0 Å². The number of ether oxygens (including phenoxy) is 1. The van der Waals surface area contributed by atoms with E-state index in [9.17, 15) is 4.79 Å². The molecule has 100 valence electrons. The average Bonchev–Trinajstić information content (AvgIpc) is 2.58. The standard InChI is InChI=1S/C13H24BrNO2/c1-9-5-6-11(17-9)12(16)15-8-10(14)7-13(2,3)4/h9-11H,5-8H2,1-4H3,(H,15,16). The highest BCUT2D eigenvalue weighted by atomic mass is 79.9. The highest BCUT2D eigenvalue weighted by Gasteiger charge is 2.28. The van der Waals surface area contributed by atoms with Gasteiger partial charge in [-0.2, -0.15) is 0 Å². The SMILES string of the molecule is CC1CCC(C(=O)NCC(Br)CC(C)(C)C)O1. The quantitative estimate of drug-likeness (QED) is 0.811. The van der Waals surface area contributed by atoms with E-state index >= 15 is 0 Å². The molecule has 1 heterocycles. The lowest BCUT2D eigenvalue weighted by Crippen LogP contribution is -2.38. The van der Waals surface area contributed by atoms with Crippen molar-refractivity contribution in [1.29, 1.82) is 0 Å². The largest absolute Gasteiger partial charge is 0.365 e. The number of hydrogen-bond acceptors (Lipinski definition) is 2. The third kappa shape index (κ3) is 5.87. The van der Waals surface area contributed by atoms with E-state index in [1.807, 2.05) is 6.92 Å². The first-order valence-electron chi connectivity index (χ1n) is 6.35. The van der Waals surface area contributed by atoms with E-state index in [1.54, 1.807) is 0 Å². The molecule has 4 heteroatoms. The fraction of sp³-hybridized carbons (Fsp3) is 0.923. The van der Waals surface area contributed by atoms with Gasteiger partial charge in [0.05, 0.1) is 6.10 Å². The summed E-state index contributed by atoms with van der Waals surface area (Å²) in [5.41, 5.74) is 0.275. The second-order valence-corrected chi connectivity index (χ2v) is 7.41. The van der Waals surface area contributed by atoms with Crippen LogP contribution in [0.5, 0.6) is 0 Å². The second-order valence-electron chi connectivity index (χ2n) is 6.12. The van der Waals surface area contributed by atoms with Crippen molar-refractivity contribution in [2.75, 3.05) is 6.54 Å². The number of rotatable bonds is 4. The molecule has 0 radical (unpaired) electrons. The van der Waals surface area contributed by atoms with Gasteiger partial charge in [-0.05, 0) is 31.6 Å². The number of nitrogens with one attached hydrogen (secondary N) is 1. The fourth-order valence-electron chi connectivity index (χ4n) is 2.06.